The standard InChI is InChI=1S/C15H11F3N2S2/c1-19-14(21)20-10-4-2-3-5-12(10)22-13-7-6-9(8-11(13)20)15(16,17)18/h2-8H,1H3,(H,19,21). The summed E-state index contributed by atoms with van der Waals surface area (Å²) in [5.41, 5.74) is 0.534. The lowest BCUT2D eigenvalue weighted by molar-refractivity contribution is -0.137. The van der Waals surface area contributed by atoms with Crippen molar-refractivity contribution in [3.05, 3.63) is 48.0 Å². The minimum atomic E-state index is -4.39. The first-order valence-corrected chi connectivity index (χ1v) is 7.64. The van der Waals surface area contributed by atoms with Gasteiger partial charge in [0.25, 0.3) is 0 Å². The third-order valence-corrected chi connectivity index (χ3v) is 4.79. The largest absolute Gasteiger partial charge is 0.416 e. The minimum absolute atomic E-state index is 0.355. The summed E-state index contributed by atoms with van der Waals surface area (Å²) in [7, 11) is 1.65. The Balaban J connectivity index is 2.19. The Morgan fingerprint density at radius 1 is 1.09 bits per heavy atom. The molecule has 0 fully saturated rings. The van der Waals surface area contributed by atoms with Gasteiger partial charge in [0.2, 0.25) is 0 Å². The number of halogens is 3. The summed E-state index contributed by atoms with van der Waals surface area (Å²) in [6.07, 6.45) is -4.39. The molecule has 0 amide bonds. The highest BCUT2D eigenvalue weighted by atomic mass is 32.2. The van der Waals surface area contributed by atoms with Crippen LogP contribution in [0.3, 0.4) is 0 Å². The predicted molar refractivity (Wildman–Crippen MR) is 85.8 cm³/mol. The van der Waals surface area contributed by atoms with Crippen LogP contribution in [0, 0.1) is 0 Å². The van der Waals surface area contributed by atoms with Gasteiger partial charge in [0.1, 0.15) is 0 Å². The van der Waals surface area contributed by atoms with E-state index in [1.54, 1.807) is 11.9 Å². The third kappa shape index (κ3) is 2.55. The van der Waals surface area contributed by atoms with Gasteiger partial charge in [-0.3, -0.25) is 4.90 Å². The molecule has 0 spiro atoms. The van der Waals surface area contributed by atoms with Gasteiger partial charge in [0.05, 0.1) is 16.9 Å². The van der Waals surface area contributed by atoms with E-state index in [9.17, 15) is 13.2 Å². The van der Waals surface area contributed by atoms with Gasteiger partial charge in [-0.2, -0.15) is 13.2 Å². The highest BCUT2D eigenvalue weighted by molar-refractivity contribution is 7.99. The van der Waals surface area contributed by atoms with Crippen molar-refractivity contribution in [1.82, 2.24) is 5.32 Å². The average Bonchev–Trinajstić information content (AvgIpc) is 2.50. The van der Waals surface area contributed by atoms with Crippen molar-refractivity contribution in [3.8, 4) is 0 Å². The van der Waals surface area contributed by atoms with Crippen LogP contribution in [0.4, 0.5) is 24.5 Å². The lowest BCUT2D eigenvalue weighted by Gasteiger charge is -2.33. The Labute approximate surface area is 135 Å². The van der Waals surface area contributed by atoms with Crippen LogP contribution in [-0.2, 0) is 6.18 Å². The molecule has 2 nitrogen and oxygen atoms in total. The quantitative estimate of drug-likeness (QED) is 0.692. The third-order valence-electron chi connectivity index (χ3n) is 3.27. The SMILES string of the molecule is CNC(=S)N1c2ccccc2Sc2ccc(C(F)(F)F)cc21. The fourth-order valence-corrected chi connectivity index (χ4v) is 3.50. The number of benzene rings is 2. The summed E-state index contributed by atoms with van der Waals surface area (Å²) >= 11 is 6.73. The van der Waals surface area contributed by atoms with E-state index in [-0.39, 0.29) is 0 Å². The second-order valence-electron chi connectivity index (χ2n) is 4.64. The van der Waals surface area contributed by atoms with Gasteiger partial charge in [-0.25, -0.2) is 0 Å². The lowest BCUT2D eigenvalue weighted by atomic mass is 10.1. The zero-order chi connectivity index (χ0) is 15.9. The van der Waals surface area contributed by atoms with Crippen molar-refractivity contribution >= 4 is 40.5 Å². The van der Waals surface area contributed by atoms with E-state index in [2.05, 4.69) is 5.32 Å². The Bertz CT molecular complexity index is 744. The smallest absolute Gasteiger partial charge is 0.365 e. The van der Waals surface area contributed by atoms with Crippen molar-refractivity contribution in [3.63, 3.8) is 0 Å². The Morgan fingerprint density at radius 2 is 1.77 bits per heavy atom. The summed E-state index contributed by atoms with van der Waals surface area (Å²) in [5.74, 6) is 0. The second kappa shape index (κ2) is 5.48. The molecule has 0 saturated heterocycles. The average molecular weight is 340 g/mol. The number of fused-ring (bicyclic) bond motifs is 2. The molecular formula is C15H11F3N2S2. The molecule has 7 heteroatoms. The second-order valence-corrected chi connectivity index (χ2v) is 6.11. The fourth-order valence-electron chi connectivity index (χ4n) is 2.26. The van der Waals surface area contributed by atoms with Crippen molar-refractivity contribution in [2.45, 2.75) is 16.0 Å². The molecule has 2 aromatic carbocycles. The van der Waals surface area contributed by atoms with Crippen LogP contribution >= 0.6 is 24.0 Å². The zero-order valence-electron chi connectivity index (χ0n) is 11.4. The van der Waals surface area contributed by atoms with Gasteiger partial charge in [0.15, 0.2) is 5.11 Å². The molecule has 0 radical (unpaired) electrons. The van der Waals surface area contributed by atoms with Gasteiger partial charge < -0.3 is 5.32 Å². The molecule has 0 unspecified atom stereocenters. The number of para-hydroxylation sites is 1. The van der Waals surface area contributed by atoms with E-state index in [1.165, 1.54) is 17.8 Å². The van der Waals surface area contributed by atoms with Gasteiger partial charge in [-0.15, -0.1) is 0 Å². The van der Waals surface area contributed by atoms with E-state index in [4.69, 9.17) is 12.2 Å². The molecule has 0 aromatic heterocycles. The van der Waals surface area contributed by atoms with Gasteiger partial charge in [-0.1, -0.05) is 23.9 Å². The van der Waals surface area contributed by atoms with E-state index < -0.39 is 11.7 Å². The first kappa shape index (κ1) is 15.2. The number of alkyl halides is 3. The fraction of sp³-hybridized carbons (Fsp3) is 0.133. The Kier molecular flexibility index (Phi) is 3.78. The van der Waals surface area contributed by atoms with Crippen molar-refractivity contribution < 1.29 is 13.2 Å². The zero-order valence-corrected chi connectivity index (χ0v) is 13.1. The van der Waals surface area contributed by atoms with Crippen LogP contribution in [0.5, 0.6) is 0 Å². The summed E-state index contributed by atoms with van der Waals surface area (Å²) in [5, 5.41) is 3.20. The maximum Gasteiger partial charge on any atom is 0.416 e. The first-order chi connectivity index (χ1) is 10.4. The summed E-state index contributed by atoms with van der Waals surface area (Å²) < 4.78 is 39.0. The van der Waals surface area contributed by atoms with Crippen molar-refractivity contribution in [2.75, 3.05) is 11.9 Å². The van der Waals surface area contributed by atoms with E-state index in [0.29, 0.717) is 10.8 Å². The molecule has 2 aromatic rings. The molecule has 3 rings (SSSR count). The predicted octanol–water partition coefficient (Wildman–Crippen LogP) is 4.81. The van der Waals surface area contributed by atoms with E-state index in [0.717, 1.165) is 27.6 Å². The minimum Gasteiger partial charge on any atom is -0.365 e. The van der Waals surface area contributed by atoms with E-state index >= 15 is 0 Å². The molecule has 1 N–H and O–H groups in total. The van der Waals surface area contributed by atoms with Crippen LogP contribution in [0.15, 0.2) is 52.3 Å². The monoisotopic (exact) mass is 340 g/mol. The maximum atomic E-state index is 13.0. The summed E-state index contributed by atoms with van der Waals surface area (Å²) in [4.78, 5) is 3.34. The summed E-state index contributed by atoms with van der Waals surface area (Å²) in [6, 6.07) is 11.2. The highest BCUT2D eigenvalue weighted by Gasteiger charge is 2.34. The molecule has 114 valence electrons. The molecular weight excluding hydrogens is 329 g/mol. The molecule has 0 bridgehead atoms. The number of nitrogens with zero attached hydrogens (tertiary/aromatic N) is 1. The van der Waals surface area contributed by atoms with Gasteiger partial charge in [-0.05, 0) is 42.5 Å². The van der Waals surface area contributed by atoms with E-state index in [1.807, 2.05) is 24.3 Å². The van der Waals surface area contributed by atoms with Gasteiger partial charge in [0, 0.05) is 16.8 Å². The normalized spacial score (nSPS) is 13.4. The first-order valence-electron chi connectivity index (χ1n) is 6.42. The topological polar surface area (TPSA) is 15.3 Å². The van der Waals surface area contributed by atoms with Crippen LogP contribution in [0.2, 0.25) is 0 Å². The lowest BCUT2D eigenvalue weighted by Crippen LogP contribution is -2.35. The number of hydrogen-bond acceptors (Lipinski definition) is 2. The molecule has 0 saturated carbocycles. The molecule has 1 heterocycles. The maximum absolute atomic E-state index is 13.0. The van der Waals surface area contributed by atoms with Crippen LogP contribution in [-0.4, -0.2) is 12.2 Å². The van der Waals surface area contributed by atoms with Crippen molar-refractivity contribution in [2.24, 2.45) is 0 Å². The number of hydrogen-bond donors (Lipinski definition) is 1. The number of rotatable bonds is 0. The van der Waals surface area contributed by atoms with Gasteiger partial charge >= 0.3 is 6.18 Å². The number of anilines is 2. The summed E-state index contributed by atoms with van der Waals surface area (Å²) in [6.45, 7) is 0. The number of nitrogens with one attached hydrogen (secondary N) is 1. The Hall–Kier alpha value is -1.73. The van der Waals surface area contributed by atoms with Crippen LogP contribution in [0.25, 0.3) is 0 Å². The molecule has 1 aliphatic rings. The highest BCUT2D eigenvalue weighted by Crippen LogP contribution is 2.49. The molecule has 1 aliphatic heterocycles. The number of thiocarbonyl (C=S) groups is 1. The molecule has 0 atom stereocenters. The Morgan fingerprint density at radius 3 is 2.45 bits per heavy atom. The van der Waals surface area contributed by atoms with Crippen LogP contribution < -0.4 is 10.2 Å². The van der Waals surface area contributed by atoms with Crippen LogP contribution in [0.1, 0.15) is 5.56 Å². The van der Waals surface area contributed by atoms with Crippen molar-refractivity contribution in [1.29, 1.82) is 0 Å². The molecule has 22 heavy (non-hydrogen) atoms. The molecule has 0 aliphatic carbocycles.